The molecule has 1 nitrogen and oxygen atoms in total. The van der Waals surface area contributed by atoms with Crippen molar-refractivity contribution >= 4 is 0 Å². The molecule has 0 heterocycles. The molecule has 0 amide bonds. The molecule has 0 saturated carbocycles. The first-order valence-corrected chi connectivity index (χ1v) is 8.17. The van der Waals surface area contributed by atoms with Gasteiger partial charge in [-0.3, -0.25) is 0 Å². The van der Waals surface area contributed by atoms with Crippen LogP contribution in [0.4, 0.5) is 0 Å². The molecule has 0 N–H and O–H groups in total. The van der Waals surface area contributed by atoms with Gasteiger partial charge in [-0.25, -0.2) is 0 Å². The topological polar surface area (TPSA) is 9.23 Å². The van der Waals surface area contributed by atoms with Crippen molar-refractivity contribution in [3.8, 4) is 0 Å². The Morgan fingerprint density at radius 1 is 0.722 bits per heavy atom. The zero-order valence-electron chi connectivity index (χ0n) is 12.9. The Labute approximate surface area is 116 Å². The second-order valence-electron chi connectivity index (χ2n) is 5.54. The smallest absolute Gasteiger partial charge is 0.0572 e. The van der Waals surface area contributed by atoms with Crippen LogP contribution in [-0.2, 0) is 4.74 Å². The van der Waals surface area contributed by atoms with Crippen molar-refractivity contribution in [1.29, 1.82) is 0 Å². The zero-order valence-corrected chi connectivity index (χ0v) is 12.9. The van der Waals surface area contributed by atoms with Crippen LogP contribution in [0, 0.1) is 6.92 Å². The van der Waals surface area contributed by atoms with Gasteiger partial charge in [0.25, 0.3) is 0 Å². The molecule has 109 valence electrons. The second kappa shape index (κ2) is 15.0. The molecule has 1 radical (unpaired) electrons. The van der Waals surface area contributed by atoms with Crippen LogP contribution in [0.2, 0.25) is 0 Å². The van der Waals surface area contributed by atoms with Gasteiger partial charge in [0.05, 0.1) is 6.10 Å². The first-order chi connectivity index (χ1) is 8.81. The summed E-state index contributed by atoms with van der Waals surface area (Å²) in [4.78, 5) is 0. The fourth-order valence-corrected chi connectivity index (χ4v) is 2.33. The summed E-state index contributed by atoms with van der Waals surface area (Å²) in [6.45, 7) is 6.20. The Morgan fingerprint density at radius 3 is 1.50 bits per heavy atom. The number of ether oxygens (including phenoxy) is 1. The largest absolute Gasteiger partial charge is 0.381 e. The van der Waals surface area contributed by atoms with Crippen molar-refractivity contribution in [1.82, 2.24) is 0 Å². The lowest BCUT2D eigenvalue weighted by atomic mass is 10.0. The molecule has 0 aliphatic heterocycles. The third kappa shape index (κ3) is 14.0. The lowest BCUT2D eigenvalue weighted by molar-refractivity contribution is 0.128. The van der Waals surface area contributed by atoms with Crippen LogP contribution < -0.4 is 0 Å². The van der Waals surface area contributed by atoms with Crippen molar-refractivity contribution < 1.29 is 4.74 Å². The summed E-state index contributed by atoms with van der Waals surface area (Å²) in [5.74, 6) is 0. The molecule has 0 fully saturated rings. The number of rotatable bonds is 14. The average Bonchev–Trinajstić information content (AvgIpc) is 2.39. The van der Waals surface area contributed by atoms with E-state index < -0.39 is 0 Å². The molecule has 1 unspecified atom stereocenters. The standard InChI is InChI=1S/C17H35O/c1-4-5-6-7-8-9-10-11-12-13-14-15-16-17(2)18-3/h17H,2,4-16H2,1,3H3. The molecule has 0 aromatic carbocycles. The van der Waals surface area contributed by atoms with Crippen LogP contribution in [0.5, 0.6) is 0 Å². The van der Waals surface area contributed by atoms with Gasteiger partial charge in [0.2, 0.25) is 0 Å². The highest BCUT2D eigenvalue weighted by molar-refractivity contribution is 4.59. The molecule has 0 spiro atoms. The molecule has 1 heteroatoms. The Hall–Kier alpha value is -0.0400. The second-order valence-corrected chi connectivity index (χ2v) is 5.54. The number of hydrogen-bond acceptors (Lipinski definition) is 1. The third-order valence-electron chi connectivity index (χ3n) is 3.71. The summed E-state index contributed by atoms with van der Waals surface area (Å²) in [6, 6.07) is 0. The highest BCUT2D eigenvalue weighted by Gasteiger charge is 1.98. The normalized spacial score (nSPS) is 12.8. The van der Waals surface area contributed by atoms with Gasteiger partial charge in [0.1, 0.15) is 0 Å². The van der Waals surface area contributed by atoms with Crippen molar-refractivity contribution in [2.45, 2.75) is 96.5 Å². The summed E-state index contributed by atoms with van der Waals surface area (Å²) >= 11 is 0. The van der Waals surface area contributed by atoms with Crippen LogP contribution in [0.25, 0.3) is 0 Å². The van der Waals surface area contributed by atoms with Crippen molar-refractivity contribution in [2.24, 2.45) is 0 Å². The summed E-state index contributed by atoms with van der Waals surface area (Å²) in [6.07, 6.45) is 18.2. The van der Waals surface area contributed by atoms with Gasteiger partial charge in [-0.1, -0.05) is 84.0 Å². The van der Waals surface area contributed by atoms with E-state index in [0.29, 0.717) is 0 Å². The molecular weight excluding hydrogens is 220 g/mol. The van der Waals surface area contributed by atoms with Crippen LogP contribution in [0.15, 0.2) is 0 Å². The van der Waals surface area contributed by atoms with Gasteiger partial charge in [0, 0.05) is 7.11 Å². The van der Waals surface area contributed by atoms with Gasteiger partial charge in [0.15, 0.2) is 0 Å². The van der Waals surface area contributed by atoms with Crippen molar-refractivity contribution in [2.75, 3.05) is 7.11 Å². The van der Waals surface area contributed by atoms with Crippen molar-refractivity contribution in [3.05, 3.63) is 6.92 Å². The first-order valence-electron chi connectivity index (χ1n) is 8.17. The minimum Gasteiger partial charge on any atom is -0.381 e. The molecule has 1 atom stereocenters. The monoisotopic (exact) mass is 255 g/mol. The minimum atomic E-state index is 0.202. The molecule has 0 aromatic rings. The quantitative estimate of drug-likeness (QED) is 0.350. The lowest BCUT2D eigenvalue weighted by Gasteiger charge is -2.08. The SMILES string of the molecule is [CH2]C(CCCCCCCCCCCCCC)OC. The maximum atomic E-state index is 5.14. The predicted molar refractivity (Wildman–Crippen MR) is 81.8 cm³/mol. The minimum absolute atomic E-state index is 0.202. The van der Waals surface area contributed by atoms with Crippen LogP contribution in [-0.4, -0.2) is 13.2 Å². The molecule has 0 aliphatic carbocycles. The lowest BCUT2D eigenvalue weighted by Crippen LogP contribution is -2.04. The van der Waals surface area contributed by atoms with Gasteiger partial charge < -0.3 is 4.74 Å². The highest BCUT2D eigenvalue weighted by atomic mass is 16.5. The van der Waals surface area contributed by atoms with E-state index >= 15 is 0 Å². The molecule has 0 bridgehead atoms. The summed E-state index contributed by atoms with van der Waals surface area (Å²) in [7, 11) is 1.75. The highest BCUT2D eigenvalue weighted by Crippen LogP contribution is 2.13. The molecule has 0 aliphatic rings. The zero-order chi connectivity index (χ0) is 13.5. The summed E-state index contributed by atoms with van der Waals surface area (Å²) in [5, 5.41) is 0. The first kappa shape index (κ1) is 18.0. The Morgan fingerprint density at radius 2 is 1.11 bits per heavy atom. The van der Waals surface area contributed by atoms with Gasteiger partial charge in [-0.2, -0.15) is 0 Å². The Balaban J connectivity index is 2.94. The number of hydrogen-bond donors (Lipinski definition) is 0. The molecule has 0 aromatic heterocycles. The molecule has 18 heavy (non-hydrogen) atoms. The van der Waals surface area contributed by atoms with Crippen LogP contribution in [0.3, 0.4) is 0 Å². The van der Waals surface area contributed by atoms with E-state index in [9.17, 15) is 0 Å². The van der Waals surface area contributed by atoms with E-state index in [0.717, 1.165) is 6.42 Å². The number of unbranched alkanes of at least 4 members (excludes halogenated alkanes) is 11. The summed E-state index contributed by atoms with van der Waals surface area (Å²) < 4.78 is 5.14. The van der Waals surface area contributed by atoms with Crippen LogP contribution in [0.1, 0.15) is 90.4 Å². The van der Waals surface area contributed by atoms with E-state index in [1.165, 1.54) is 77.0 Å². The average molecular weight is 255 g/mol. The fraction of sp³-hybridized carbons (Fsp3) is 0.941. The Bertz CT molecular complexity index is 145. The predicted octanol–water partition coefficient (Wildman–Crippen LogP) is 5.93. The summed E-state index contributed by atoms with van der Waals surface area (Å²) in [5.41, 5.74) is 0. The van der Waals surface area contributed by atoms with Gasteiger partial charge in [-0.15, -0.1) is 0 Å². The van der Waals surface area contributed by atoms with E-state index in [1.54, 1.807) is 7.11 Å². The maximum Gasteiger partial charge on any atom is 0.0572 e. The van der Waals surface area contributed by atoms with Gasteiger partial charge >= 0.3 is 0 Å². The molecule has 0 saturated heterocycles. The maximum absolute atomic E-state index is 5.14. The van der Waals surface area contributed by atoms with Crippen LogP contribution >= 0.6 is 0 Å². The third-order valence-corrected chi connectivity index (χ3v) is 3.71. The van der Waals surface area contributed by atoms with E-state index in [2.05, 4.69) is 13.8 Å². The van der Waals surface area contributed by atoms with Gasteiger partial charge in [-0.05, 0) is 13.3 Å². The fourth-order valence-electron chi connectivity index (χ4n) is 2.33. The van der Waals surface area contributed by atoms with Crippen molar-refractivity contribution in [3.63, 3.8) is 0 Å². The number of methoxy groups -OCH3 is 1. The van der Waals surface area contributed by atoms with E-state index in [4.69, 9.17) is 4.74 Å². The Kier molecular flexibility index (Phi) is 15.0. The molecule has 0 rings (SSSR count). The molecular formula is C17H35O. The van der Waals surface area contributed by atoms with E-state index in [-0.39, 0.29) is 6.10 Å². The van der Waals surface area contributed by atoms with E-state index in [1.807, 2.05) is 0 Å².